The SMILES string of the molecule is C=C1C=C2CCC3C(CCC4(C)C(C)CCC34)C2CC1.CC. The molecule has 22 heavy (non-hydrogen) atoms. The lowest BCUT2D eigenvalue weighted by molar-refractivity contribution is -0.0174. The van der Waals surface area contributed by atoms with Crippen LogP contribution in [0.5, 0.6) is 0 Å². The van der Waals surface area contributed by atoms with Gasteiger partial charge in [-0.15, -0.1) is 0 Å². The average molecular weight is 301 g/mol. The molecule has 0 aromatic rings. The summed E-state index contributed by atoms with van der Waals surface area (Å²) >= 11 is 0. The van der Waals surface area contributed by atoms with Crippen LogP contribution < -0.4 is 0 Å². The molecule has 6 unspecified atom stereocenters. The lowest BCUT2D eigenvalue weighted by Crippen LogP contribution is -2.45. The molecule has 0 bridgehead atoms. The highest BCUT2D eigenvalue weighted by Crippen LogP contribution is 2.63. The number of rotatable bonds is 0. The number of hydrogen-bond donors (Lipinski definition) is 0. The molecule has 124 valence electrons. The molecular formula is C22H36. The highest BCUT2D eigenvalue weighted by atomic mass is 14.6. The Bertz CT molecular complexity index is 457. The van der Waals surface area contributed by atoms with Crippen molar-refractivity contribution in [1.29, 1.82) is 0 Å². The van der Waals surface area contributed by atoms with Crippen molar-refractivity contribution in [3.8, 4) is 0 Å². The van der Waals surface area contributed by atoms with Gasteiger partial charge in [-0.2, -0.15) is 0 Å². The van der Waals surface area contributed by atoms with Crippen molar-refractivity contribution >= 4 is 0 Å². The molecule has 0 radical (unpaired) electrons. The molecule has 0 amide bonds. The van der Waals surface area contributed by atoms with Crippen molar-refractivity contribution in [2.24, 2.45) is 35.0 Å². The van der Waals surface area contributed by atoms with Gasteiger partial charge in [0.05, 0.1) is 0 Å². The van der Waals surface area contributed by atoms with Crippen molar-refractivity contribution in [1.82, 2.24) is 0 Å². The molecule has 0 heteroatoms. The summed E-state index contributed by atoms with van der Waals surface area (Å²) in [5.41, 5.74) is 3.85. The molecule has 0 nitrogen and oxygen atoms in total. The molecule has 0 aromatic heterocycles. The summed E-state index contributed by atoms with van der Waals surface area (Å²) in [7, 11) is 0. The van der Waals surface area contributed by atoms with E-state index in [1.54, 1.807) is 5.57 Å². The van der Waals surface area contributed by atoms with Crippen LogP contribution in [-0.2, 0) is 0 Å². The topological polar surface area (TPSA) is 0 Å². The van der Waals surface area contributed by atoms with Crippen LogP contribution in [0.25, 0.3) is 0 Å². The normalized spacial score (nSPS) is 46.6. The van der Waals surface area contributed by atoms with Gasteiger partial charge in [-0.1, -0.05) is 51.5 Å². The molecule has 4 aliphatic rings. The third-order valence-corrected chi connectivity index (χ3v) is 7.89. The highest BCUT2D eigenvalue weighted by Gasteiger charge is 2.54. The molecule has 4 aliphatic carbocycles. The highest BCUT2D eigenvalue weighted by molar-refractivity contribution is 5.29. The summed E-state index contributed by atoms with van der Waals surface area (Å²) in [6, 6.07) is 0. The van der Waals surface area contributed by atoms with E-state index < -0.39 is 0 Å². The Labute approximate surface area is 138 Å². The van der Waals surface area contributed by atoms with E-state index in [1.807, 2.05) is 13.8 Å². The molecule has 4 rings (SSSR count). The van der Waals surface area contributed by atoms with Crippen LogP contribution in [0.3, 0.4) is 0 Å². The van der Waals surface area contributed by atoms with Crippen LogP contribution >= 0.6 is 0 Å². The van der Waals surface area contributed by atoms with Crippen LogP contribution in [0, 0.1) is 35.0 Å². The minimum absolute atomic E-state index is 0.681. The summed E-state index contributed by atoms with van der Waals surface area (Å²) in [6.07, 6.45) is 14.0. The maximum Gasteiger partial charge on any atom is -0.0166 e. The number of allylic oxidation sites excluding steroid dienone is 3. The van der Waals surface area contributed by atoms with Crippen LogP contribution in [0.4, 0.5) is 0 Å². The molecule has 3 fully saturated rings. The number of hydrogen-bond acceptors (Lipinski definition) is 0. The van der Waals surface area contributed by atoms with Gasteiger partial charge in [-0.3, -0.25) is 0 Å². The molecule has 3 saturated carbocycles. The van der Waals surface area contributed by atoms with E-state index in [0.29, 0.717) is 5.41 Å². The van der Waals surface area contributed by atoms with Crippen LogP contribution in [0.15, 0.2) is 23.8 Å². The Morgan fingerprint density at radius 2 is 1.77 bits per heavy atom. The van der Waals surface area contributed by atoms with E-state index in [9.17, 15) is 0 Å². The predicted molar refractivity (Wildman–Crippen MR) is 96.7 cm³/mol. The van der Waals surface area contributed by atoms with Crippen molar-refractivity contribution in [2.75, 3.05) is 0 Å². The third-order valence-electron chi connectivity index (χ3n) is 7.89. The van der Waals surface area contributed by atoms with Crippen LogP contribution in [0.1, 0.15) is 79.1 Å². The minimum Gasteiger partial charge on any atom is -0.0958 e. The van der Waals surface area contributed by atoms with Crippen LogP contribution in [0.2, 0.25) is 0 Å². The molecule has 6 atom stereocenters. The standard InChI is InChI=1S/C20H30.C2H6/c1-13-4-7-16-15(12-13)6-8-18-17(16)10-11-20(3)14(2)5-9-19(18)20;1-2/h12,14,16-19H,1,4-11H2,2-3H3;1-2H3. The molecule has 0 heterocycles. The molecule has 0 N–H and O–H groups in total. The predicted octanol–water partition coefficient (Wildman–Crippen LogP) is 6.78. The smallest absolute Gasteiger partial charge is 0.0166 e. The van der Waals surface area contributed by atoms with E-state index in [1.165, 1.54) is 56.9 Å². The first-order valence-corrected chi connectivity index (χ1v) is 9.98. The first kappa shape index (κ1) is 16.3. The van der Waals surface area contributed by atoms with Gasteiger partial charge in [0, 0.05) is 0 Å². The Morgan fingerprint density at radius 1 is 1.00 bits per heavy atom. The molecule has 0 aromatic carbocycles. The summed E-state index contributed by atoms with van der Waals surface area (Å²) in [5.74, 6) is 5.01. The summed E-state index contributed by atoms with van der Waals surface area (Å²) in [5, 5.41) is 0. The zero-order valence-corrected chi connectivity index (χ0v) is 15.3. The van der Waals surface area contributed by atoms with Gasteiger partial charge in [0.2, 0.25) is 0 Å². The van der Waals surface area contributed by atoms with Gasteiger partial charge in [0.1, 0.15) is 0 Å². The first-order chi connectivity index (χ1) is 10.6. The van der Waals surface area contributed by atoms with E-state index in [0.717, 1.165) is 29.6 Å². The molecular weight excluding hydrogens is 264 g/mol. The second-order valence-electron chi connectivity index (χ2n) is 8.52. The summed E-state index contributed by atoms with van der Waals surface area (Å²) in [6.45, 7) is 13.4. The Morgan fingerprint density at radius 3 is 2.55 bits per heavy atom. The second-order valence-corrected chi connectivity index (χ2v) is 8.52. The van der Waals surface area contributed by atoms with Gasteiger partial charge < -0.3 is 0 Å². The van der Waals surface area contributed by atoms with E-state index in [2.05, 4.69) is 26.5 Å². The van der Waals surface area contributed by atoms with Gasteiger partial charge >= 0.3 is 0 Å². The van der Waals surface area contributed by atoms with Gasteiger partial charge in [-0.25, -0.2) is 0 Å². The largest absolute Gasteiger partial charge is 0.0958 e. The Kier molecular flexibility index (Phi) is 4.59. The second kappa shape index (κ2) is 6.17. The third kappa shape index (κ3) is 2.42. The van der Waals surface area contributed by atoms with E-state index in [-0.39, 0.29) is 0 Å². The van der Waals surface area contributed by atoms with E-state index in [4.69, 9.17) is 0 Å². The molecule has 0 spiro atoms. The molecule has 0 saturated heterocycles. The quantitative estimate of drug-likeness (QED) is 0.462. The number of fused-ring (bicyclic) bond motifs is 5. The average Bonchev–Trinajstić information content (AvgIpc) is 2.84. The van der Waals surface area contributed by atoms with Gasteiger partial charge in [0.15, 0.2) is 0 Å². The lowest BCUT2D eigenvalue weighted by Gasteiger charge is -2.54. The first-order valence-electron chi connectivity index (χ1n) is 9.98. The maximum absolute atomic E-state index is 4.21. The zero-order valence-electron chi connectivity index (χ0n) is 15.3. The van der Waals surface area contributed by atoms with E-state index >= 15 is 0 Å². The van der Waals surface area contributed by atoms with Crippen molar-refractivity contribution < 1.29 is 0 Å². The summed E-state index contributed by atoms with van der Waals surface area (Å²) in [4.78, 5) is 0. The minimum atomic E-state index is 0.681. The maximum atomic E-state index is 4.21. The fourth-order valence-electron chi connectivity index (χ4n) is 6.54. The fourth-order valence-corrected chi connectivity index (χ4v) is 6.54. The van der Waals surface area contributed by atoms with Crippen LogP contribution in [-0.4, -0.2) is 0 Å². The van der Waals surface area contributed by atoms with Gasteiger partial charge in [-0.05, 0) is 86.4 Å². The van der Waals surface area contributed by atoms with Crippen molar-refractivity contribution in [2.45, 2.75) is 79.1 Å². The lowest BCUT2D eigenvalue weighted by atomic mass is 9.51. The molecule has 0 aliphatic heterocycles. The zero-order chi connectivity index (χ0) is 15.9. The van der Waals surface area contributed by atoms with Crippen molar-refractivity contribution in [3.05, 3.63) is 23.8 Å². The monoisotopic (exact) mass is 300 g/mol. The van der Waals surface area contributed by atoms with Gasteiger partial charge in [0.25, 0.3) is 0 Å². The Hall–Kier alpha value is -0.520. The Balaban J connectivity index is 0.000000693. The summed E-state index contributed by atoms with van der Waals surface area (Å²) < 4.78 is 0. The fraction of sp³-hybridized carbons (Fsp3) is 0.818. The van der Waals surface area contributed by atoms with Crippen molar-refractivity contribution in [3.63, 3.8) is 0 Å².